The topological polar surface area (TPSA) is 71.5 Å². The minimum Gasteiger partial charge on any atom is -0.476 e. The SMILES string of the molecule is Cc1sc(NC2CCOC2C)nc1C(=O)O. The molecule has 0 amide bonds. The van der Waals surface area contributed by atoms with Gasteiger partial charge in [-0.3, -0.25) is 0 Å². The molecule has 1 aliphatic rings. The summed E-state index contributed by atoms with van der Waals surface area (Å²) in [6, 6.07) is 0.229. The Morgan fingerprint density at radius 2 is 2.44 bits per heavy atom. The van der Waals surface area contributed by atoms with E-state index in [0.29, 0.717) is 5.13 Å². The standard InChI is InChI=1S/C10H14N2O3S/c1-5-7(3-4-15-5)11-10-12-8(9(13)14)6(2)16-10/h5,7H,3-4H2,1-2H3,(H,11,12)(H,13,14). The average molecular weight is 242 g/mol. The normalized spacial score (nSPS) is 24.6. The van der Waals surface area contributed by atoms with Crippen molar-refractivity contribution >= 4 is 22.4 Å². The summed E-state index contributed by atoms with van der Waals surface area (Å²) in [6.45, 7) is 4.51. The number of ether oxygens (including phenoxy) is 1. The van der Waals surface area contributed by atoms with Gasteiger partial charge >= 0.3 is 5.97 Å². The molecule has 2 atom stereocenters. The largest absolute Gasteiger partial charge is 0.476 e. The van der Waals surface area contributed by atoms with Gasteiger partial charge in [0.2, 0.25) is 0 Å². The van der Waals surface area contributed by atoms with Crippen LogP contribution < -0.4 is 5.32 Å². The molecule has 2 rings (SSSR count). The number of aromatic nitrogens is 1. The summed E-state index contributed by atoms with van der Waals surface area (Å²) in [4.78, 5) is 15.6. The maximum absolute atomic E-state index is 10.8. The third-order valence-corrected chi connectivity index (χ3v) is 3.59. The smallest absolute Gasteiger partial charge is 0.355 e. The van der Waals surface area contributed by atoms with Crippen LogP contribution in [0.15, 0.2) is 0 Å². The molecule has 5 nitrogen and oxygen atoms in total. The molecule has 0 aromatic carbocycles. The fourth-order valence-corrected chi connectivity index (χ4v) is 2.60. The Kier molecular flexibility index (Phi) is 3.11. The molecule has 1 aliphatic heterocycles. The molecule has 1 saturated heterocycles. The number of aromatic carboxylic acids is 1. The number of hydrogen-bond donors (Lipinski definition) is 2. The molecule has 2 unspecified atom stereocenters. The molecule has 0 spiro atoms. The second-order valence-electron chi connectivity index (χ2n) is 3.84. The number of carboxylic acids is 1. The lowest BCUT2D eigenvalue weighted by molar-refractivity contribution is 0.0690. The van der Waals surface area contributed by atoms with Crippen molar-refractivity contribution in [3.05, 3.63) is 10.6 Å². The highest BCUT2D eigenvalue weighted by Gasteiger charge is 2.25. The van der Waals surface area contributed by atoms with Crippen molar-refractivity contribution in [1.82, 2.24) is 4.98 Å². The number of thiazole rings is 1. The van der Waals surface area contributed by atoms with Crippen LogP contribution in [0.4, 0.5) is 5.13 Å². The van der Waals surface area contributed by atoms with E-state index in [4.69, 9.17) is 9.84 Å². The first-order chi connectivity index (χ1) is 7.58. The van der Waals surface area contributed by atoms with Crippen LogP contribution in [0.3, 0.4) is 0 Å². The summed E-state index contributed by atoms with van der Waals surface area (Å²) in [6.07, 6.45) is 1.08. The van der Waals surface area contributed by atoms with Crippen LogP contribution in [0.25, 0.3) is 0 Å². The molecule has 6 heteroatoms. The number of aryl methyl sites for hydroxylation is 1. The zero-order chi connectivity index (χ0) is 11.7. The molecule has 1 fully saturated rings. The van der Waals surface area contributed by atoms with E-state index in [1.165, 1.54) is 11.3 Å². The molecular weight excluding hydrogens is 228 g/mol. The maximum Gasteiger partial charge on any atom is 0.355 e. The number of carboxylic acid groups (broad SMARTS) is 1. The summed E-state index contributed by atoms with van der Waals surface area (Å²) in [5.41, 5.74) is 0.138. The summed E-state index contributed by atoms with van der Waals surface area (Å²) < 4.78 is 5.42. The van der Waals surface area contributed by atoms with Gasteiger partial charge in [0.1, 0.15) is 0 Å². The first-order valence-electron chi connectivity index (χ1n) is 5.17. The third-order valence-electron chi connectivity index (χ3n) is 2.68. The van der Waals surface area contributed by atoms with E-state index in [0.717, 1.165) is 17.9 Å². The van der Waals surface area contributed by atoms with Crippen LogP contribution in [0, 0.1) is 6.92 Å². The molecular formula is C10H14N2O3S. The molecule has 16 heavy (non-hydrogen) atoms. The van der Waals surface area contributed by atoms with Crippen LogP contribution in [-0.4, -0.2) is 34.8 Å². The molecule has 0 aliphatic carbocycles. The van der Waals surface area contributed by atoms with Gasteiger partial charge in [-0.2, -0.15) is 0 Å². The molecule has 1 aromatic heterocycles. The Balaban J connectivity index is 2.10. The second-order valence-corrected chi connectivity index (χ2v) is 5.05. The predicted molar refractivity (Wildman–Crippen MR) is 61.3 cm³/mol. The fraction of sp³-hybridized carbons (Fsp3) is 0.600. The predicted octanol–water partition coefficient (Wildman–Crippen LogP) is 1.74. The highest BCUT2D eigenvalue weighted by molar-refractivity contribution is 7.15. The van der Waals surface area contributed by atoms with Crippen molar-refractivity contribution in [2.24, 2.45) is 0 Å². The minimum absolute atomic E-state index is 0.138. The van der Waals surface area contributed by atoms with Gasteiger partial charge in [0.25, 0.3) is 0 Å². The van der Waals surface area contributed by atoms with E-state index < -0.39 is 5.97 Å². The summed E-state index contributed by atoms with van der Waals surface area (Å²) in [5.74, 6) is -0.975. The Morgan fingerprint density at radius 3 is 2.94 bits per heavy atom. The lowest BCUT2D eigenvalue weighted by Gasteiger charge is -2.14. The average Bonchev–Trinajstić information content (AvgIpc) is 2.75. The molecule has 2 heterocycles. The van der Waals surface area contributed by atoms with Gasteiger partial charge in [0.15, 0.2) is 10.8 Å². The van der Waals surface area contributed by atoms with E-state index in [1.807, 2.05) is 6.92 Å². The van der Waals surface area contributed by atoms with E-state index in [9.17, 15) is 4.79 Å². The van der Waals surface area contributed by atoms with E-state index in [1.54, 1.807) is 6.92 Å². The van der Waals surface area contributed by atoms with E-state index in [2.05, 4.69) is 10.3 Å². The van der Waals surface area contributed by atoms with Crippen molar-refractivity contribution in [3.8, 4) is 0 Å². The van der Waals surface area contributed by atoms with Crippen molar-refractivity contribution in [2.75, 3.05) is 11.9 Å². The number of nitrogens with one attached hydrogen (secondary N) is 1. The van der Waals surface area contributed by atoms with Crippen molar-refractivity contribution in [1.29, 1.82) is 0 Å². The van der Waals surface area contributed by atoms with Gasteiger partial charge in [0, 0.05) is 11.5 Å². The van der Waals surface area contributed by atoms with Crippen molar-refractivity contribution < 1.29 is 14.6 Å². The molecule has 1 aromatic rings. The Morgan fingerprint density at radius 1 is 1.69 bits per heavy atom. The van der Waals surface area contributed by atoms with Gasteiger partial charge < -0.3 is 15.2 Å². The quantitative estimate of drug-likeness (QED) is 0.844. The monoisotopic (exact) mass is 242 g/mol. The van der Waals surface area contributed by atoms with Crippen LogP contribution in [0.2, 0.25) is 0 Å². The number of nitrogens with zero attached hydrogens (tertiary/aromatic N) is 1. The van der Waals surface area contributed by atoms with Crippen molar-refractivity contribution in [3.63, 3.8) is 0 Å². The van der Waals surface area contributed by atoms with Crippen LogP contribution in [0.5, 0.6) is 0 Å². The molecule has 0 radical (unpaired) electrons. The highest BCUT2D eigenvalue weighted by Crippen LogP contribution is 2.25. The minimum atomic E-state index is -0.975. The number of carbonyl (C=O) groups is 1. The maximum atomic E-state index is 10.8. The zero-order valence-electron chi connectivity index (χ0n) is 9.19. The molecule has 2 N–H and O–H groups in total. The van der Waals surface area contributed by atoms with Gasteiger partial charge in [-0.25, -0.2) is 9.78 Å². The summed E-state index contributed by atoms with van der Waals surface area (Å²) >= 11 is 1.37. The summed E-state index contributed by atoms with van der Waals surface area (Å²) in [7, 11) is 0. The van der Waals surface area contributed by atoms with Gasteiger partial charge in [-0.05, 0) is 20.3 Å². The first kappa shape index (κ1) is 11.3. The highest BCUT2D eigenvalue weighted by atomic mass is 32.1. The molecule has 88 valence electrons. The second kappa shape index (κ2) is 4.39. The number of rotatable bonds is 3. The van der Waals surface area contributed by atoms with Gasteiger partial charge in [-0.15, -0.1) is 11.3 Å². The Labute approximate surface area is 97.5 Å². The molecule has 0 saturated carbocycles. The lowest BCUT2D eigenvalue weighted by atomic mass is 10.2. The Hall–Kier alpha value is -1.14. The van der Waals surface area contributed by atoms with Crippen LogP contribution in [-0.2, 0) is 4.74 Å². The van der Waals surface area contributed by atoms with E-state index in [-0.39, 0.29) is 17.8 Å². The molecule has 0 bridgehead atoms. The van der Waals surface area contributed by atoms with E-state index >= 15 is 0 Å². The lowest BCUT2D eigenvalue weighted by Crippen LogP contribution is -2.26. The number of hydrogen-bond acceptors (Lipinski definition) is 5. The zero-order valence-corrected chi connectivity index (χ0v) is 10.0. The number of anilines is 1. The summed E-state index contributed by atoms with van der Waals surface area (Å²) in [5, 5.41) is 12.8. The van der Waals surface area contributed by atoms with Gasteiger partial charge in [0.05, 0.1) is 12.1 Å². The van der Waals surface area contributed by atoms with Gasteiger partial charge in [-0.1, -0.05) is 0 Å². The van der Waals surface area contributed by atoms with Crippen LogP contribution in [0.1, 0.15) is 28.7 Å². The third kappa shape index (κ3) is 2.17. The van der Waals surface area contributed by atoms with Crippen molar-refractivity contribution in [2.45, 2.75) is 32.4 Å². The fourth-order valence-electron chi connectivity index (χ4n) is 1.74. The van der Waals surface area contributed by atoms with Crippen LogP contribution >= 0.6 is 11.3 Å². The first-order valence-corrected chi connectivity index (χ1v) is 5.98. The Bertz CT molecular complexity index is 405.